The fourth-order valence-electron chi connectivity index (χ4n) is 2.99. The van der Waals surface area contributed by atoms with Crippen molar-refractivity contribution in [3.8, 4) is 0 Å². The van der Waals surface area contributed by atoms with Gasteiger partial charge >= 0.3 is 6.09 Å². The van der Waals surface area contributed by atoms with Gasteiger partial charge in [-0.15, -0.1) is 0 Å². The second kappa shape index (κ2) is 16.8. The van der Waals surface area contributed by atoms with Crippen molar-refractivity contribution in [1.82, 2.24) is 5.32 Å². The Bertz CT molecular complexity index is 404. The van der Waals surface area contributed by atoms with Crippen molar-refractivity contribution < 1.29 is 19.7 Å². The first-order chi connectivity index (χ1) is 13.3. The predicted octanol–water partition coefficient (Wildman–Crippen LogP) is 5.49. The van der Waals surface area contributed by atoms with Crippen LogP contribution >= 0.6 is 0 Å². The van der Waals surface area contributed by atoms with E-state index in [-0.39, 0.29) is 6.61 Å². The number of carbonyl (C=O) groups excluding carboxylic acids is 1. The summed E-state index contributed by atoms with van der Waals surface area (Å²) in [5.74, 6) is 0. The van der Waals surface area contributed by atoms with E-state index in [0.29, 0.717) is 0 Å². The number of hydrogen-bond donors (Lipinski definition) is 3. The molecule has 3 N–H and O–H groups in total. The van der Waals surface area contributed by atoms with Crippen molar-refractivity contribution in [2.24, 2.45) is 0 Å². The molecule has 0 unspecified atom stereocenters. The topological polar surface area (TPSA) is 78.8 Å². The van der Waals surface area contributed by atoms with Gasteiger partial charge in [-0.3, -0.25) is 0 Å². The first kappa shape index (κ1) is 26.9. The van der Waals surface area contributed by atoms with Crippen molar-refractivity contribution in [2.45, 2.75) is 122 Å². The molecule has 0 aliphatic carbocycles. The molecule has 0 radical (unpaired) electrons. The number of aliphatic hydroxyl groups excluding tert-OH is 2. The van der Waals surface area contributed by atoms with E-state index in [9.17, 15) is 15.0 Å². The SMILES string of the molecule is CCCCCCCCCCCCC/C=C\[C@@H](O)[C@H](CO)NC(=O)OC(C)(C)C. The second-order valence-corrected chi connectivity index (χ2v) is 8.68. The Hall–Kier alpha value is -1.07. The monoisotopic (exact) mass is 399 g/mol. The Morgan fingerprint density at radius 1 is 0.964 bits per heavy atom. The van der Waals surface area contributed by atoms with Crippen molar-refractivity contribution in [3.63, 3.8) is 0 Å². The van der Waals surface area contributed by atoms with E-state index in [4.69, 9.17) is 4.74 Å². The summed E-state index contributed by atoms with van der Waals surface area (Å²) in [7, 11) is 0. The molecule has 0 rings (SSSR count). The molecule has 0 aliphatic rings. The number of alkyl carbamates (subject to hydrolysis) is 1. The van der Waals surface area contributed by atoms with Gasteiger partial charge in [0.05, 0.1) is 18.8 Å². The molecule has 28 heavy (non-hydrogen) atoms. The summed E-state index contributed by atoms with van der Waals surface area (Å²) in [6, 6.07) is -0.761. The van der Waals surface area contributed by atoms with Gasteiger partial charge in [0.25, 0.3) is 0 Å². The molecule has 2 atom stereocenters. The number of ether oxygens (including phenoxy) is 1. The van der Waals surface area contributed by atoms with Gasteiger partial charge in [-0.2, -0.15) is 0 Å². The van der Waals surface area contributed by atoms with Gasteiger partial charge in [0.1, 0.15) is 5.60 Å². The van der Waals surface area contributed by atoms with Crippen LogP contribution in [0.5, 0.6) is 0 Å². The Labute approximate surface area is 172 Å². The van der Waals surface area contributed by atoms with Crippen molar-refractivity contribution in [3.05, 3.63) is 12.2 Å². The van der Waals surface area contributed by atoms with E-state index in [1.165, 1.54) is 64.2 Å². The molecule has 0 bridgehead atoms. The van der Waals surface area contributed by atoms with Gasteiger partial charge in [0.2, 0.25) is 0 Å². The molecule has 0 aromatic heterocycles. The van der Waals surface area contributed by atoms with E-state index >= 15 is 0 Å². The number of aliphatic hydroxyl groups is 2. The molecule has 0 saturated carbocycles. The number of rotatable bonds is 16. The van der Waals surface area contributed by atoms with Gasteiger partial charge < -0.3 is 20.3 Å². The number of amides is 1. The lowest BCUT2D eigenvalue weighted by atomic mass is 10.0. The summed E-state index contributed by atoms with van der Waals surface area (Å²) in [4.78, 5) is 11.7. The Morgan fingerprint density at radius 2 is 1.46 bits per heavy atom. The number of hydrogen-bond acceptors (Lipinski definition) is 4. The standard InChI is InChI=1S/C23H45NO4/c1-5-6-7-8-9-10-11-12-13-14-15-16-17-18-21(26)20(19-25)24-22(27)28-23(2,3)4/h17-18,20-21,25-26H,5-16,19H2,1-4H3,(H,24,27)/b18-17-/t20-,21+/m0/s1. The third-order valence-corrected chi connectivity index (χ3v) is 4.62. The maximum absolute atomic E-state index is 11.7. The fourth-order valence-corrected chi connectivity index (χ4v) is 2.99. The van der Waals surface area contributed by atoms with Crippen LogP contribution in [-0.2, 0) is 4.74 Å². The third-order valence-electron chi connectivity index (χ3n) is 4.62. The van der Waals surface area contributed by atoms with Gasteiger partial charge in [-0.05, 0) is 33.6 Å². The van der Waals surface area contributed by atoms with Crippen molar-refractivity contribution >= 4 is 6.09 Å². The molecule has 5 heteroatoms. The molecule has 5 nitrogen and oxygen atoms in total. The minimum absolute atomic E-state index is 0.344. The molecular formula is C23H45NO4. The van der Waals surface area contributed by atoms with E-state index in [2.05, 4.69) is 12.2 Å². The van der Waals surface area contributed by atoms with Crippen LogP contribution in [0.4, 0.5) is 4.79 Å². The van der Waals surface area contributed by atoms with Gasteiger partial charge in [0.15, 0.2) is 0 Å². The van der Waals surface area contributed by atoms with Crippen molar-refractivity contribution in [1.29, 1.82) is 0 Å². The van der Waals surface area contributed by atoms with Crippen LogP contribution in [0.3, 0.4) is 0 Å². The van der Waals surface area contributed by atoms with Gasteiger partial charge in [0, 0.05) is 0 Å². The zero-order valence-electron chi connectivity index (χ0n) is 18.7. The van der Waals surface area contributed by atoms with Gasteiger partial charge in [-0.1, -0.05) is 83.3 Å². The number of carbonyl (C=O) groups is 1. The van der Waals surface area contributed by atoms with Crippen LogP contribution in [0.25, 0.3) is 0 Å². The Balaban J connectivity index is 3.75. The minimum Gasteiger partial charge on any atom is -0.444 e. The smallest absolute Gasteiger partial charge is 0.408 e. The summed E-state index contributed by atoms with van der Waals surface area (Å²) >= 11 is 0. The number of unbranched alkanes of at least 4 members (excludes halogenated alkanes) is 11. The van der Waals surface area contributed by atoms with Crippen LogP contribution in [0, 0.1) is 0 Å². The summed E-state index contributed by atoms with van der Waals surface area (Å²) < 4.78 is 5.15. The maximum Gasteiger partial charge on any atom is 0.408 e. The zero-order valence-corrected chi connectivity index (χ0v) is 18.7. The largest absolute Gasteiger partial charge is 0.444 e. The summed E-state index contributed by atoms with van der Waals surface area (Å²) in [6.07, 6.45) is 17.3. The fraction of sp³-hybridized carbons (Fsp3) is 0.870. The average molecular weight is 400 g/mol. The quantitative estimate of drug-likeness (QED) is 0.237. The molecular weight excluding hydrogens is 354 g/mol. The lowest BCUT2D eigenvalue weighted by molar-refractivity contribution is 0.0405. The second-order valence-electron chi connectivity index (χ2n) is 8.68. The number of allylic oxidation sites excluding steroid dienone is 1. The highest BCUT2D eigenvalue weighted by Gasteiger charge is 2.22. The third kappa shape index (κ3) is 17.1. The summed E-state index contributed by atoms with van der Waals surface area (Å²) in [5.41, 5.74) is -0.611. The van der Waals surface area contributed by atoms with Crippen LogP contribution in [0.2, 0.25) is 0 Å². The molecule has 0 spiro atoms. The van der Waals surface area contributed by atoms with E-state index in [1.54, 1.807) is 26.8 Å². The van der Waals surface area contributed by atoms with Crippen LogP contribution in [-0.4, -0.2) is 40.7 Å². The molecule has 1 amide bonds. The predicted molar refractivity (Wildman–Crippen MR) is 116 cm³/mol. The maximum atomic E-state index is 11.7. The molecule has 0 fully saturated rings. The lowest BCUT2D eigenvalue weighted by Gasteiger charge is -2.24. The first-order valence-corrected chi connectivity index (χ1v) is 11.2. The van der Waals surface area contributed by atoms with Crippen molar-refractivity contribution in [2.75, 3.05) is 6.61 Å². The highest BCUT2D eigenvalue weighted by atomic mass is 16.6. The molecule has 166 valence electrons. The van der Waals surface area contributed by atoms with Crippen LogP contribution < -0.4 is 5.32 Å². The van der Waals surface area contributed by atoms with Gasteiger partial charge in [-0.25, -0.2) is 4.79 Å². The molecule has 0 aromatic rings. The molecule has 0 saturated heterocycles. The molecule has 0 heterocycles. The summed E-state index contributed by atoms with van der Waals surface area (Å²) in [6.45, 7) is 7.21. The van der Waals surface area contributed by atoms with E-state index in [1.807, 2.05) is 6.08 Å². The minimum atomic E-state index is -0.926. The van der Waals surface area contributed by atoms with Crippen LogP contribution in [0.1, 0.15) is 105 Å². The highest BCUT2D eigenvalue weighted by molar-refractivity contribution is 5.68. The number of nitrogens with one attached hydrogen (secondary N) is 1. The van der Waals surface area contributed by atoms with Crippen LogP contribution in [0.15, 0.2) is 12.2 Å². The normalized spacial score (nSPS) is 14.2. The average Bonchev–Trinajstić information content (AvgIpc) is 2.61. The lowest BCUT2D eigenvalue weighted by Crippen LogP contribution is -2.47. The Kier molecular flexibility index (Phi) is 16.2. The van der Waals surface area contributed by atoms with E-state index in [0.717, 1.165) is 12.8 Å². The first-order valence-electron chi connectivity index (χ1n) is 11.2. The molecule has 0 aliphatic heterocycles. The molecule has 0 aromatic carbocycles. The highest BCUT2D eigenvalue weighted by Crippen LogP contribution is 2.12. The Morgan fingerprint density at radius 3 is 1.93 bits per heavy atom. The van der Waals surface area contributed by atoms with E-state index < -0.39 is 23.8 Å². The summed E-state index contributed by atoms with van der Waals surface area (Å²) in [5, 5.41) is 22.0. The zero-order chi connectivity index (χ0) is 21.3.